The molecule has 2 fully saturated rings. The van der Waals surface area contributed by atoms with Gasteiger partial charge < -0.3 is 14.4 Å². The number of β-amino-alcohol motifs (C(OH)–C–C–N with tert-alkyl or cyclic N) is 1. The van der Waals surface area contributed by atoms with Gasteiger partial charge in [-0.2, -0.15) is 5.26 Å². The van der Waals surface area contributed by atoms with E-state index in [1.165, 1.54) is 0 Å². The lowest BCUT2D eigenvalue weighted by molar-refractivity contribution is 0.00578. The third kappa shape index (κ3) is 3.56. The van der Waals surface area contributed by atoms with Crippen molar-refractivity contribution in [3.63, 3.8) is 0 Å². The molecule has 0 aliphatic carbocycles. The van der Waals surface area contributed by atoms with E-state index >= 15 is 4.39 Å². The molecule has 2 saturated heterocycles. The van der Waals surface area contributed by atoms with Crippen LogP contribution in [0.2, 0.25) is 0 Å². The Morgan fingerprint density at radius 2 is 1.77 bits per heavy atom. The quantitative estimate of drug-likeness (QED) is 0.838. The summed E-state index contributed by atoms with van der Waals surface area (Å²) in [5.41, 5.74) is -0.0640. The molecule has 1 aromatic carbocycles. The van der Waals surface area contributed by atoms with Gasteiger partial charge in [-0.25, -0.2) is 4.39 Å². The molecule has 1 aromatic rings. The van der Waals surface area contributed by atoms with Gasteiger partial charge in [0, 0.05) is 25.2 Å². The molecule has 2 aliphatic heterocycles. The van der Waals surface area contributed by atoms with Crippen LogP contribution in [0.3, 0.4) is 0 Å². The first-order valence-electron chi connectivity index (χ1n) is 8.78. The van der Waals surface area contributed by atoms with Crippen molar-refractivity contribution in [3.05, 3.63) is 41.1 Å². The van der Waals surface area contributed by atoms with Gasteiger partial charge in [0.05, 0.1) is 28.9 Å². The zero-order valence-corrected chi connectivity index (χ0v) is 15.6. The molecule has 3 rings (SSSR count). The summed E-state index contributed by atoms with van der Waals surface area (Å²) in [7, 11) is -1.07. The van der Waals surface area contributed by atoms with E-state index in [0.717, 1.165) is 0 Å². The second-order valence-corrected chi connectivity index (χ2v) is 7.95. The number of hydrogen-bond donors (Lipinski definition) is 1. The molecule has 2 heterocycles. The van der Waals surface area contributed by atoms with Crippen molar-refractivity contribution in [2.24, 2.45) is 0 Å². The lowest BCUT2D eigenvalue weighted by Crippen LogP contribution is -2.51. The van der Waals surface area contributed by atoms with Crippen LogP contribution in [0.4, 0.5) is 4.39 Å². The van der Waals surface area contributed by atoms with E-state index < -0.39 is 24.0 Å². The van der Waals surface area contributed by atoms with Crippen molar-refractivity contribution in [3.8, 4) is 6.07 Å². The third-order valence-electron chi connectivity index (χ3n) is 5.43. The SMILES string of the molecule is CC1(C)OB(C(F)=C(CN2CC(O)C2)c2ccc(C#N)cc2)OC1(C)C. The number of nitriles is 1. The molecular formula is C19H24BFN2O3. The van der Waals surface area contributed by atoms with Crippen LogP contribution in [0, 0.1) is 11.3 Å². The molecule has 26 heavy (non-hydrogen) atoms. The van der Waals surface area contributed by atoms with Gasteiger partial charge in [-0.1, -0.05) is 12.1 Å². The number of rotatable bonds is 4. The molecule has 0 saturated carbocycles. The van der Waals surface area contributed by atoms with E-state index in [2.05, 4.69) is 6.07 Å². The van der Waals surface area contributed by atoms with Crippen molar-refractivity contribution < 1.29 is 18.8 Å². The molecule has 0 radical (unpaired) electrons. The van der Waals surface area contributed by atoms with Gasteiger partial charge in [0.2, 0.25) is 0 Å². The first kappa shape index (κ1) is 19.1. The summed E-state index contributed by atoms with van der Waals surface area (Å²) in [6, 6.07) is 8.86. The number of nitrogens with zero attached hydrogens (tertiary/aromatic N) is 2. The van der Waals surface area contributed by atoms with Crippen LogP contribution in [0.5, 0.6) is 0 Å². The van der Waals surface area contributed by atoms with Gasteiger partial charge in [-0.15, -0.1) is 0 Å². The zero-order chi connectivity index (χ0) is 19.1. The molecule has 1 N–H and O–H groups in total. The van der Waals surface area contributed by atoms with Crippen molar-refractivity contribution in [2.75, 3.05) is 19.6 Å². The van der Waals surface area contributed by atoms with E-state index in [4.69, 9.17) is 14.6 Å². The predicted molar refractivity (Wildman–Crippen MR) is 97.7 cm³/mol. The summed E-state index contributed by atoms with van der Waals surface area (Å²) < 4.78 is 27.1. The first-order valence-corrected chi connectivity index (χ1v) is 8.78. The zero-order valence-electron chi connectivity index (χ0n) is 15.6. The highest BCUT2D eigenvalue weighted by Crippen LogP contribution is 2.40. The highest BCUT2D eigenvalue weighted by atomic mass is 19.1. The van der Waals surface area contributed by atoms with Crippen LogP contribution < -0.4 is 0 Å². The fraction of sp³-hybridized carbons (Fsp3) is 0.526. The van der Waals surface area contributed by atoms with Gasteiger partial charge in [-0.05, 0) is 45.4 Å². The van der Waals surface area contributed by atoms with E-state index in [1.54, 1.807) is 24.3 Å². The summed E-state index contributed by atoms with van der Waals surface area (Å²) in [4.78, 5) is 1.96. The minimum absolute atomic E-state index is 0.346. The van der Waals surface area contributed by atoms with Crippen molar-refractivity contribution in [2.45, 2.75) is 45.0 Å². The summed E-state index contributed by atoms with van der Waals surface area (Å²) in [6.07, 6.45) is -0.364. The van der Waals surface area contributed by atoms with Gasteiger partial charge in [0.15, 0.2) is 0 Å². The van der Waals surface area contributed by atoms with E-state index in [9.17, 15) is 5.11 Å². The second kappa shape index (κ2) is 6.78. The number of likely N-dealkylation sites (tertiary alicyclic amines) is 1. The Morgan fingerprint density at radius 3 is 2.23 bits per heavy atom. The number of aliphatic hydroxyl groups is 1. The minimum Gasteiger partial charge on any atom is -0.398 e. The molecule has 0 atom stereocenters. The lowest BCUT2D eigenvalue weighted by Gasteiger charge is -2.36. The Kier molecular flexibility index (Phi) is 4.97. The number of aliphatic hydroxyl groups excluding tert-OH is 1. The molecular weight excluding hydrogens is 334 g/mol. The standard InChI is InChI=1S/C19H24BFN2O3/c1-18(2)19(3,4)26-20(25-18)17(21)16(12-23-10-15(24)11-23)14-7-5-13(9-22)6-8-14/h5-8,15,24H,10-12H2,1-4H3. The molecule has 0 bridgehead atoms. The summed E-state index contributed by atoms with van der Waals surface area (Å²) in [5.74, 6) is 0. The van der Waals surface area contributed by atoms with Crippen LogP contribution in [-0.2, 0) is 9.31 Å². The average molecular weight is 358 g/mol. The first-order chi connectivity index (χ1) is 12.1. The highest BCUT2D eigenvalue weighted by Gasteiger charge is 2.53. The van der Waals surface area contributed by atoms with E-state index in [0.29, 0.717) is 36.3 Å². The molecule has 0 aromatic heterocycles. The minimum atomic E-state index is -1.07. The Hall–Kier alpha value is -1.72. The van der Waals surface area contributed by atoms with Crippen molar-refractivity contribution >= 4 is 12.7 Å². The summed E-state index contributed by atoms with van der Waals surface area (Å²) in [5, 5.41) is 18.5. The maximum atomic E-state index is 15.4. The maximum Gasteiger partial charge on any atom is 0.525 e. The fourth-order valence-electron chi connectivity index (χ4n) is 3.03. The Bertz CT molecular complexity index is 733. The average Bonchev–Trinajstić information content (AvgIpc) is 2.78. The Balaban J connectivity index is 1.93. The second-order valence-electron chi connectivity index (χ2n) is 7.95. The van der Waals surface area contributed by atoms with Crippen LogP contribution >= 0.6 is 0 Å². The van der Waals surface area contributed by atoms with Gasteiger partial charge in [0.25, 0.3) is 0 Å². The topological polar surface area (TPSA) is 65.7 Å². The number of hydrogen-bond acceptors (Lipinski definition) is 5. The van der Waals surface area contributed by atoms with Crippen molar-refractivity contribution in [1.82, 2.24) is 4.90 Å². The van der Waals surface area contributed by atoms with Crippen LogP contribution in [0.15, 0.2) is 30.0 Å². The molecule has 0 amide bonds. The van der Waals surface area contributed by atoms with Gasteiger partial charge >= 0.3 is 7.12 Å². The summed E-state index contributed by atoms with van der Waals surface area (Å²) in [6.45, 7) is 8.90. The monoisotopic (exact) mass is 358 g/mol. The van der Waals surface area contributed by atoms with E-state index in [-0.39, 0.29) is 6.10 Å². The Labute approximate surface area is 154 Å². The molecule has 2 aliphatic rings. The molecule has 138 valence electrons. The fourth-order valence-corrected chi connectivity index (χ4v) is 3.03. The molecule has 7 heteroatoms. The van der Waals surface area contributed by atoms with Crippen LogP contribution in [0.25, 0.3) is 5.57 Å². The molecule has 0 spiro atoms. The van der Waals surface area contributed by atoms with E-state index in [1.807, 2.05) is 32.6 Å². The van der Waals surface area contributed by atoms with Crippen LogP contribution in [0.1, 0.15) is 38.8 Å². The summed E-state index contributed by atoms with van der Waals surface area (Å²) >= 11 is 0. The number of halogens is 1. The highest BCUT2D eigenvalue weighted by molar-refractivity contribution is 6.55. The largest absolute Gasteiger partial charge is 0.525 e. The van der Waals surface area contributed by atoms with Gasteiger partial charge in [-0.3, -0.25) is 4.90 Å². The van der Waals surface area contributed by atoms with Crippen molar-refractivity contribution in [1.29, 1.82) is 5.26 Å². The maximum absolute atomic E-state index is 15.4. The normalized spacial score (nSPS) is 23.3. The number of benzene rings is 1. The van der Waals surface area contributed by atoms with Crippen LogP contribution in [-0.4, -0.2) is 54.1 Å². The smallest absolute Gasteiger partial charge is 0.398 e. The predicted octanol–water partition coefficient (Wildman–Crippen LogP) is 2.55. The third-order valence-corrected chi connectivity index (χ3v) is 5.43. The lowest BCUT2D eigenvalue weighted by atomic mass is 9.82. The Morgan fingerprint density at radius 1 is 1.23 bits per heavy atom. The van der Waals surface area contributed by atoms with Gasteiger partial charge in [0.1, 0.15) is 5.73 Å². The molecule has 0 unspecified atom stereocenters. The molecule has 5 nitrogen and oxygen atoms in total.